The molecule has 1 aliphatic heterocycles. The number of carbonyl (C=O) groups is 1. The van der Waals surface area contributed by atoms with Crippen LogP contribution in [0.5, 0.6) is 0 Å². The van der Waals surface area contributed by atoms with E-state index in [0.29, 0.717) is 28.7 Å². The van der Waals surface area contributed by atoms with Crippen molar-refractivity contribution in [1.29, 1.82) is 0 Å². The summed E-state index contributed by atoms with van der Waals surface area (Å²) in [6, 6.07) is 4.81. The third-order valence-corrected chi connectivity index (χ3v) is 3.88. The van der Waals surface area contributed by atoms with Crippen LogP contribution in [0.1, 0.15) is 24.2 Å². The second kappa shape index (κ2) is 5.90. The Morgan fingerprint density at radius 2 is 2.15 bits per heavy atom. The standard InChI is InChI=1S/C14H17Cl2NO3/c1-14(2)8-17(6-10(7-18)20-14)13(19)9-3-4-11(15)12(16)5-9/h3-5,10,18H,6-8H2,1-2H3. The first kappa shape index (κ1) is 15.6. The van der Waals surface area contributed by atoms with Crippen LogP contribution in [0, 0.1) is 0 Å². The van der Waals surface area contributed by atoms with Gasteiger partial charge >= 0.3 is 0 Å². The van der Waals surface area contributed by atoms with Crippen LogP contribution < -0.4 is 0 Å². The van der Waals surface area contributed by atoms with Crippen molar-refractivity contribution >= 4 is 29.1 Å². The first-order chi connectivity index (χ1) is 9.32. The predicted octanol–water partition coefficient (Wildman–Crippen LogP) is 2.61. The van der Waals surface area contributed by atoms with E-state index in [9.17, 15) is 9.90 Å². The van der Waals surface area contributed by atoms with Gasteiger partial charge in [-0.15, -0.1) is 0 Å². The van der Waals surface area contributed by atoms with Crippen molar-refractivity contribution in [3.8, 4) is 0 Å². The van der Waals surface area contributed by atoms with E-state index in [4.69, 9.17) is 27.9 Å². The van der Waals surface area contributed by atoms with Crippen molar-refractivity contribution in [2.45, 2.75) is 25.6 Å². The van der Waals surface area contributed by atoms with E-state index >= 15 is 0 Å². The molecule has 1 aromatic rings. The highest BCUT2D eigenvalue weighted by Gasteiger charge is 2.35. The SMILES string of the molecule is CC1(C)CN(C(=O)c2ccc(Cl)c(Cl)c2)CC(CO)O1. The number of carbonyl (C=O) groups excluding carboxylic acids is 1. The fraction of sp³-hybridized carbons (Fsp3) is 0.500. The second-order valence-corrected chi connectivity index (χ2v) is 6.31. The Morgan fingerprint density at radius 1 is 1.45 bits per heavy atom. The second-order valence-electron chi connectivity index (χ2n) is 5.50. The van der Waals surface area contributed by atoms with Crippen LogP contribution in [0.15, 0.2) is 18.2 Å². The topological polar surface area (TPSA) is 49.8 Å². The quantitative estimate of drug-likeness (QED) is 0.912. The zero-order valence-electron chi connectivity index (χ0n) is 11.4. The number of amides is 1. The average Bonchev–Trinajstić information content (AvgIpc) is 2.39. The van der Waals surface area contributed by atoms with Crippen molar-refractivity contribution in [2.24, 2.45) is 0 Å². The van der Waals surface area contributed by atoms with Gasteiger partial charge in [0.1, 0.15) is 0 Å². The molecule has 0 radical (unpaired) electrons. The fourth-order valence-corrected chi connectivity index (χ4v) is 2.66. The molecule has 1 aliphatic rings. The van der Waals surface area contributed by atoms with E-state index in [1.54, 1.807) is 23.1 Å². The molecule has 1 N–H and O–H groups in total. The Labute approximate surface area is 128 Å². The van der Waals surface area contributed by atoms with E-state index in [2.05, 4.69) is 0 Å². The highest BCUT2D eigenvalue weighted by molar-refractivity contribution is 6.42. The number of nitrogens with zero attached hydrogens (tertiary/aromatic N) is 1. The Morgan fingerprint density at radius 3 is 2.75 bits per heavy atom. The third kappa shape index (κ3) is 3.44. The molecule has 1 aromatic carbocycles. The molecule has 0 aliphatic carbocycles. The molecule has 1 amide bonds. The average molecular weight is 318 g/mol. The van der Waals surface area contributed by atoms with Crippen LogP contribution in [0.25, 0.3) is 0 Å². The number of hydrogen-bond acceptors (Lipinski definition) is 3. The summed E-state index contributed by atoms with van der Waals surface area (Å²) in [6.45, 7) is 4.49. The van der Waals surface area contributed by atoms with Crippen LogP contribution in [-0.4, -0.2) is 47.3 Å². The highest BCUT2D eigenvalue weighted by atomic mass is 35.5. The van der Waals surface area contributed by atoms with E-state index in [-0.39, 0.29) is 18.6 Å². The Balaban J connectivity index is 2.21. The summed E-state index contributed by atoms with van der Waals surface area (Å²) in [7, 11) is 0. The zero-order chi connectivity index (χ0) is 14.9. The maximum absolute atomic E-state index is 12.5. The molecule has 0 spiro atoms. The van der Waals surface area contributed by atoms with Crippen molar-refractivity contribution in [3.05, 3.63) is 33.8 Å². The van der Waals surface area contributed by atoms with Crippen LogP contribution in [0.2, 0.25) is 10.0 Å². The van der Waals surface area contributed by atoms with Gasteiger partial charge in [-0.2, -0.15) is 0 Å². The van der Waals surface area contributed by atoms with Gasteiger partial charge in [-0.25, -0.2) is 0 Å². The molecule has 110 valence electrons. The predicted molar refractivity (Wildman–Crippen MR) is 78.4 cm³/mol. The molecular weight excluding hydrogens is 301 g/mol. The van der Waals surface area contributed by atoms with E-state index in [1.165, 1.54) is 0 Å². The van der Waals surface area contributed by atoms with Gasteiger partial charge in [-0.3, -0.25) is 4.79 Å². The molecule has 6 heteroatoms. The van der Waals surface area contributed by atoms with Gasteiger partial charge in [0.25, 0.3) is 5.91 Å². The summed E-state index contributed by atoms with van der Waals surface area (Å²) in [5.74, 6) is -0.140. The molecule has 0 aromatic heterocycles. The first-order valence-corrected chi connectivity index (χ1v) is 7.11. The first-order valence-electron chi connectivity index (χ1n) is 6.35. The van der Waals surface area contributed by atoms with Crippen molar-refractivity contribution in [3.63, 3.8) is 0 Å². The van der Waals surface area contributed by atoms with Gasteiger partial charge in [-0.05, 0) is 32.0 Å². The fourth-order valence-electron chi connectivity index (χ4n) is 2.36. The number of aliphatic hydroxyl groups is 1. The lowest BCUT2D eigenvalue weighted by Crippen LogP contribution is -2.55. The van der Waals surface area contributed by atoms with Gasteiger partial charge in [0.05, 0.1) is 28.4 Å². The number of hydrogen-bond donors (Lipinski definition) is 1. The lowest BCUT2D eigenvalue weighted by molar-refractivity contribution is -0.139. The minimum atomic E-state index is -0.489. The highest BCUT2D eigenvalue weighted by Crippen LogP contribution is 2.26. The van der Waals surface area contributed by atoms with Crippen LogP contribution in [0.4, 0.5) is 0 Å². The molecule has 0 saturated carbocycles. The van der Waals surface area contributed by atoms with Crippen LogP contribution in [-0.2, 0) is 4.74 Å². The molecule has 2 rings (SSSR count). The minimum absolute atomic E-state index is 0.116. The van der Waals surface area contributed by atoms with Gasteiger partial charge in [-0.1, -0.05) is 23.2 Å². The largest absolute Gasteiger partial charge is 0.394 e. The van der Waals surface area contributed by atoms with E-state index in [1.807, 2.05) is 13.8 Å². The summed E-state index contributed by atoms with van der Waals surface area (Å²) in [5.41, 5.74) is -0.00820. The maximum atomic E-state index is 12.5. The van der Waals surface area contributed by atoms with Crippen LogP contribution in [0.3, 0.4) is 0 Å². The lowest BCUT2D eigenvalue weighted by Gasteiger charge is -2.42. The summed E-state index contributed by atoms with van der Waals surface area (Å²) in [5, 5.41) is 10.0. The van der Waals surface area contributed by atoms with Gasteiger partial charge in [0.2, 0.25) is 0 Å². The molecule has 1 unspecified atom stereocenters. The van der Waals surface area contributed by atoms with Gasteiger partial charge < -0.3 is 14.7 Å². The Hall–Kier alpha value is -0.810. The number of aliphatic hydroxyl groups excluding tert-OH is 1. The molecule has 1 heterocycles. The van der Waals surface area contributed by atoms with E-state index < -0.39 is 5.60 Å². The number of morpholine rings is 1. The zero-order valence-corrected chi connectivity index (χ0v) is 12.9. The normalized spacial score (nSPS) is 21.9. The third-order valence-electron chi connectivity index (χ3n) is 3.14. The monoisotopic (exact) mass is 317 g/mol. The molecular formula is C14H17Cl2NO3. The van der Waals surface area contributed by atoms with Gasteiger partial charge in [0.15, 0.2) is 0 Å². The van der Waals surface area contributed by atoms with E-state index in [0.717, 1.165) is 0 Å². The summed E-state index contributed by atoms with van der Waals surface area (Å²) in [6.07, 6.45) is -0.370. The number of benzene rings is 1. The summed E-state index contributed by atoms with van der Waals surface area (Å²) in [4.78, 5) is 14.2. The molecule has 0 bridgehead atoms. The molecule has 20 heavy (non-hydrogen) atoms. The molecule has 4 nitrogen and oxygen atoms in total. The minimum Gasteiger partial charge on any atom is -0.394 e. The maximum Gasteiger partial charge on any atom is 0.254 e. The van der Waals surface area contributed by atoms with Crippen molar-refractivity contribution in [2.75, 3.05) is 19.7 Å². The van der Waals surface area contributed by atoms with Crippen LogP contribution >= 0.6 is 23.2 Å². The number of ether oxygens (including phenoxy) is 1. The summed E-state index contributed by atoms with van der Waals surface area (Å²) >= 11 is 11.8. The molecule has 1 fully saturated rings. The Kier molecular flexibility index (Phi) is 4.59. The van der Waals surface area contributed by atoms with Crippen molar-refractivity contribution in [1.82, 2.24) is 4.90 Å². The molecule has 1 atom stereocenters. The molecule has 1 saturated heterocycles. The Bertz CT molecular complexity index is 519. The smallest absolute Gasteiger partial charge is 0.254 e. The van der Waals surface area contributed by atoms with Gasteiger partial charge in [0, 0.05) is 18.7 Å². The summed E-state index contributed by atoms with van der Waals surface area (Å²) < 4.78 is 5.69. The number of halogens is 2. The lowest BCUT2D eigenvalue weighted by atomic mass is 10.0. The van der Waals surface area contributed by atoms with Crippen molar-refractivity contribution < 1.29 is 14.6 Å². The number of rotatable bonds is 2.